The van der Waals surface area contributed by atoms with E-state index in [1.165, 1.54) is 17.5 Å². The number of ether oxygens (including phenoxy) is 1. The van der Waals surface area contributed by atoms with E-state index in [4.69, 9.17) is 4.74 Å². The molecular formula is C23H32O. The fourth-order valence-corrected chi connectivity index (χ4v) is 3.28. The molecule has 0 heterocycles. The fraction of sp³-hybridized carbons (Fsp3) is 0.478. The van der Waals surface area contributed by atoms with E-state index in [1.807, 2.05) is 6.07 Å². The lowest BCUT2D eigenvalue weighted by Crippen LogP contribution is -2.25. The van der Waals surface area contributed by atoms with E-state index in [0.717, 1.165) is 5.75 Å². The average Bonchev–Trinajstić information content (AvgIpc) is 2.54. The van der Waals surface area contributed by atoms with Crippen LogP contribution in [0.3, 0.4) is 0 Å². The maximum atomic E-state index is 6.26. The van der Waals surface area contributed by atoms with Gasteiger partial charge in [0, 0.05) is 0 Å². The van der Waals surface area contributed by atoms with Gasteiger partial charge in [-0.05, 0) is 61.3 Å². The van der Waals surface area contributed by atoms with Crippen molar-refractivity contribution in [3.8, 4) is 5.75 Å². The van der Waals surface area contributed by atoms with E-state index in [0.29, 0.717) is 17.8 Å². The average molecular weight is 325 g/mol. The zero-order chi connectivity index (χ0) is 17.7. The van der Waals surface area contributed by atoms with Crippen molar-refractivity contribution in [2.75, 3.05) is 0 Å². The molecule has 2 aromatic rings. The van der Waals surface area contributed by atoms with Gasteiger partial charge in [-0.2, -0.15) is 0 Å². The van der Waals surface area contributed by atoms with Gasteiger partial charge in [-0.25, -0.2) is 0 Å². The minimum Gasteiger partial charge on any atom is -0.483 e. The van der Waals surface area contributed by atoms with Gasteiger partial charge in [0.25, 0.3) is 0 Å². The van der Waals surface area contributed by atoms with E-state index in [2.05, 4.69) is 90.1 Å². The zero-order valence-corrected chi connectivity index (χ0v) is 16.0. The second-order valence-electron chi connectivity index (χ2n) is 8.03. The van der Waals surface area contributed by atoms with E-state index in [-0.39, 0.29) is 5.60 Å². The lowest BCUT2D eigenvalue weighted by Gasteiger charge is -2.28. The van der Waals surface area contributed by atoms with Crippen LogP contribution >= 0.6 is 0 Å². The summed E-state index contributed by atoms with van der Waals surface area (Å²) in [5, 5.41) is 0. The van der Waals surface area contributed by atoms with Crippen LogP contribution < -0.4 is 4.74 Å². The Balaban J connectivity index is 2.14. The Morgan fingerprint density at radius 2 is 1.42 bits per heavy atom. The fourth-order valence-electron chi connectivity index (χ4n) is 3.28. The van der Waals surface area contributed by atoms with E-state index >= 15 is 0 Å². The Hall–Kier alpha value is -1.76. The van der Waals surface area contributed by atoms with Crippen LogP contribution in [0.4, 0.5) is 0 Å². The maximum absolute atomic E-state index is 6.26. The van der Waals surface area contributed by atoms with Crippen LogP contribution in [0, 0.1) is 11.8 Å². The van der Waals surface area contributed by atoms with Gasteiger partial charge in [-0.1, -0.05) is 70.2 Å². The summed E-state index contributed by atoms with van der Waals surface area (Å²) in [4.78, 5) is 0. The van der Waals surface area contributed by atoms with Crippen LogP contribution in [0.15, 0.2) is 54.6 Å². The Morgan fingerprint density at radius 1 is 0.833 bits per heavy atom. The molecule has 24 heavy (non-hydrogen) atoms. The molecule has 0 radical (unpaired) electrons. The van der Waals surface area contributed by atoms with Crippen molar-refractivity contribution in [3.63, 3.8) is 0 Å². The van der Waals surface area contributed by atoms with E-state index < -0.39 is 0 Å². The third-order valence-electron chi connectivity index (χ3n) is 4.68. The Labute approximate surface area is 148 Å². The van der Waals surface area contributed by atoms with Crippen molar-refractivity contribution < 1.29 is 4.74 Å². The molecule has 0 N–H and O–H groups in total. The highest BCUT2D eigenvalue weighted by molar-refractivity contribution is 5.32. The molecule has 2 rings (SSSR count). The Morgan fingerprint density at radius 3 is 1.92 bits per heavy atom. The van der Waals surface area contributed by atoms with E-state index in [9.17, 15) is 0 Å². The molecule has 0 saturated carbocycles. The summed E-state index contributed by atoms with van der Waals surface area (Å²) in [6.45, 7) is 13.5. The number of rotatable bonds is 7. The second-order valence-corrected chi connectivity index (χ2v) is 8.03. The molecule has 0 saturated heterocycles. The maximum Gasteiger partial charge on any atom is 0.128 e. The van der Waals surface area contributed by atoms with Crippen molar-refractivity contribution in [2.45, 2.75) is 59.5 Å². The first-order chi connectivity index (χ1) is 11.3. The van der Waals surface area contributed by atoms with Crippen LogP contribution in [-0.4, -0.2) is 0 Å². The minimum atomic E-state index is -0.335. The SMILES string of the molecule is CC(C)CC(c1ccc(OC(C)(C)c2ccccc2)cc1)C(C)C. The van der Waals surface area contributed by atoms with Crippen molar-refractivity contribution >= 4 is 0 Å². The Kier molecular flexibility index (Phi) is 6.10. The van der Waals surface area contributed by atoms with Gasteiger partial charge in [-0.15, -0.1) is 0 Å². The van der Waals surface area contributed by atoms with Crippen molar-refractivity contribution in [1.82, 2.24) is 0 Å². The highest BCUT2D eigenvalue weighted by Gasteiger charge is 2.23. The zero-order valence-electron chi connectivity index (χ0n) is 16.0. The van der Waals surface area contributed by atoms with Gasteiger partial charge in [-0.3, -0.25) is 0 Å². The molecule has 0 aliphatic rings. The second kappa shape index (κ2) is 7.88. The molecule has 130 valence electrons. The lowest BCUT2D eigenvalue weighted by molar-refractivity contribution is 0.109. The molecule has 0 bridgehead atoms. The van der Waals surface area contributed by atoms with Crippen LogP contribution in [-0.2, 0) is 5.60 Å². The predicted molar refractivity (Wildman–Crippen MR) is 104 cm³/mol. The molecule has 0 aliphatic heterocycles. The molecule has 1 nitrogen and oxygen atoms in total. The monoisotopic (exact) mass is 324 g/mol. The summed E-state index contributed by atoms with van der Waals surface area (Å²) in [6, 6.07) is 19.1. The van der Waals surface area contributed by atoms with Gasteiger partial charge in [0.05, 0.1) is 0 Å². The summed E-state index contributed by atoms with van der Waals surface area (Å²) in [6.07, 6.45) is 1.23. The lowest BCUT2D eigenvalue weighted by atomic mass is 9.82. The smallest absolute Gasteiger partial charge is 0.128 e. The van der Waals surface area contributed by atoms with Crippen molar-refractivity contribution in [2.24, 2.45) is 11.8 Å². The first-order valence-corrected chi connectivity index (χ1v) is 9.14. The van der Waals surface area contributed by atoms with Gasteiger partial charge >= 0.3 is 0 Å². The third kappa shape index (κ3) is 4.87. The summed E-state index contributed by atoms with van der Waals surface area (Å²) >= 11 is 0. The normalized spacial score (nSPS) is 13.3. The molecular weight excluding hydrogens is 292 g/mol. The largest absolute Gasteiger partial charge is 0.483 e. The van der Waals surface area contributed by atoms with Gasteiger partial charge in [0.15, 0.2) is 0 Å². The van der Waals surface area contributed by atoms with Gasteiger partial charge < -0.3 is 4.74 Å². The van der Waals surface area contributed by atoms with Crippen LogP contribution in [0.5, 0.6) is 5.75 Å². The molecule has 0 fully saturated rings. The Bertz CT molecular complexity index is 608. The van der Waals surface area contributed by atoms with Gasteiger partial charge in [0.2, 0.25) is 0 Å². The minimum absolute atomic E-state index is 0.335. The standard InChI is InChI=1S/C23H32O/c1-17(2)16-22(18(3)4)19-12-14-21(15-13-19)24-23(5,6)20-10-8-7-9-11-20/h7-15,17-18,22H,16H2,1-6H3. The molecule has 1 atom stereocenters. The van der Waals surface area contributed by atoms with Crippen molar-refractivity contribution in [1.29, 1.82) is 0 Å². The first-order valence-electron chi connectivity index (χ1n) is 9.14. The highest BCUT2D eigenvalue weighted by Crippen LogP contribution is 2.33. The number of hydrogen-bond acceptors (Lipinski definition) is 1. The third-order valence-corrected chi connectivity index (χ3v) is 4.68. The first kappa shape index (κ1) is 18.6. The molecule has 2 aromatic carbocycles. The predicted octanol–water partition coefficient (Wildman–Crippen LogP) is 6.79. The van der Waals surface area contributed by atoms with Crippen molar-refractivity contribution in [3.05, 3.63) is 65.7 Å². The molecule has 0 aromatic heterocycles. The molecule has 1 unspecified atom stereocenters. The number of benzene rings is 2. The molecule has 1 heteroatoms. The van der Waals surface area contributed by atoms with Crippen LogP contribution in [0.1, 0.15) is 65.0 Å². The summed E-state index contributed by atoms with van der Waals surface area (Å²) in [5.41, 5.74) is 2.27. The topological polar surface area (TPSA) is 9.23 Å². The summed E-state index contributed by atoms with van der Waals surface area (Å²) < 4.78 is 6.26. The molecule has 0 aliphatic carbocycles. The summed E-state index contributed by atoms with van der Waals surface area (Å²) in [7, 11) is 0. The molecule has 0 amide bonds. The summed E-state index contributed by atoms with van der Waals surface area (Å²) in [5.74, 6) is 2.91. The van der Waals surface area contributed by atoms with Crippen LogP contribution in [0.25, 0.3) is 0 Å². The van der Waals surface area contributed by atoms with Crippen LogP contribution in [0.2, 0.25) is 0 Å². The van der Waals surface area contributed by atoms with Gasteiger partial charge in [0.1, 0.15) is 11.4 Å². The quantitative estimate of drug-likeness (QED) is 0.545. The molecule has 0 spiro atoms. The highest BCUT2D eigenvalue weighted by atomic mass is 16.5. The van der Waals surface area contributed by atoms with E-state index in [1.54, 1.807) is 0 Å². The number of hydrogen-bond donors (Lipinski definition) is 0.